The normalized spacial score (nSPS) is 15.6. The Bertz CT molecular complexity index is 849. The number of hydrogen-bond acceptors (Lipinski definition) is 5. The van der Waals surface area contributed by atoms with Gasteiger partial charge in [-0.3, -0.25) is 10.1 Å². The predicted octanol–water partition coefficient (Wildman–Crippen LogP) is 4.61. The summed E-state index contributed by atoms with van der Waals surface area (Å²) in [4.78, 5) is 11.1. The smallest absolute Gasteiger partial charge is 0.291 e. The van der Waals surface area contributed by atoms with Crippen LogP contribution in [0.3, 0.4) is 0 Å². The molecular weight excluding hydrogens is 390 g/mol. The molecule has 0 radical (unpaired) electrons. The highest BCUT2D eigenvalue weighted by Gasteiger charge is 2.33. The Morgan fingerprint density at radius 1 is 1.24 bits per heavy atom. The Labute approximate surface area is 153 Å². The standard InChI is InChI=1S/C18H16BrNO5/c1-3-24-16-6-4-11(10-17(16)23-2)18-14(20(21)22)9-12-8-13(19)5-7-15(12)25-18/h4-10,18H,3H2,1-2H3/t18-/m0/s1. The average Bonchev–Trinajstić information content (AvgIpc) is 2.61. The molecule has 25 heavy (non-hydrogen) atoms. The van der Waals surface area contributed by atoms with Crippen LogP contribution in [-0.4, -0.2) is 18.6 Å². The Hall–Kier alpha value is -2.54. The third-order valence-corrected chi connectivity index (χ3v) is 4.28. The van der Waals surface area contributed by atoms with Gasteiger partial charge in [-0.25, -0.2) is 0 Å². The Morgan fingerprint density at radius 3 is 2.72 bits per heavy atom. The van der Waals surface area contributed by atoms with Crippen molar-refractivity contribution in [3.63, 3.8) is 0 Å². The fraction of sp³-hybridized carbons (Fsp3) is 0.222. The fourth-order valence-corrected chi connectivity index (χ4v) is 3.05. The van der Waals surface area contributed by atoms with Crippen LogP contribution >= 0.6 is 15.9 Å². The number of nitro groups is 1. The molecule has 0 fully saturated rings. The van der Waals surface area contributed by atoms with Crippen molar-refractivity contribution in [2.75, 3.05) is 13.7 Å². The zero-order valence-electron chi connectivity index (χ0n) is 13.7. The maximum atomic E-state index is 11.5. The molecule has 0 saturated carbocycles. The summed E-state index contributed by atoms with van der Waals surface area (Å²) in [5, 5.41) is 11.5. The summed E-state index contributed by atoms with van der Waals surface area (Å²) >= 11 is 3.36. The Kier molecular flexibility index (Phi) is 4.94. The van der Waals surface area contributed by atoms with E-state index in [1.54, 1.807) is 30.3 Å². The van der Waals surface area contributed by atoms with E-state index in [1.807, 2.05) is 13.0 Å². The van der Waals surface area contributed by atoms with Crippen molar-refractivity contribution in [2.24, 2.45) is 0 Å². The highest BCUT2D eigenvalue weighted by Crippen LogP contribution is 2.40. The first-order valence-electron chi connectivity index (χ1n) is 7.66. The van der Waals surface area contributed by atoms with Crippen molar-refractivity contribution in [2.45, 2.75) is 13.0 Å². The number of halogens is 1. The lowest BCUT2D eigenvalue weighted by molar-refractivity contribution is -0.434. The van der Waals surface area contributed by atoms with Crippen LogP contribution in [0, 0.1) is 10.1 Å². The summed E-state index contributed by atoms with van der Waals surface area (Å²) in [6.45, 7) is 2.37. The summed E-state index contributed by atoms with van der Waals surface area (Å²) in [5.74, 6) is 1.68. The number of nitrogens with zero attached hydrogens (tertiary/aromatic N) is 1. The number of fused-ring (bicyclic) bond motifs is 1. The number of hydrogen-bond donors (Lipinski definition) is 0. The van der Waals surface area contributed by atoms with E-state index in [4.69, 9.17) is 14.2 Å². The molecule has 7 heteroatoms. The van der Waals surface area contributed by atoms with Crippen molar-refractivity contribution in [1.29, 1.82) is 0 Å². The van der Waals surface area contributed by atoms with E-state index in [2.05, 4.69) is 15.9 Å². The summed E-state index contributed by atoms with van der Waals surface area (Å²) in [6, 6.07) is 10.6. The second-order valence-corrected chi connectivity index (χ2v) is 6.27. The summed E-state index contributed by atoms with van der Waals surface area (Å²) in [6.07, 6.45) is 0.713. The molecule has 0 spiro atoms. The number of benzene rings is 2. The van der Waals surface area contributed by atoms with Crippen LogP contribution in [0.25, 0.3) is 6.08 Å². The molecule has 0 N–H and O–H groups in total. The molecule has 130 valence electrons. The topological polar surface area (TPSA) is 70.8 Å². The number of rotatable bonds is 5. The van der Waals surface area contributed by atoms with Crippen molar-refractivity contribution in [3.8, 4) is 17.2 Å². The molecule has 0 aromatic heterocycles. The third-order valence-electron chi connectivity index (χ3n) is 3.79. The zero-order chi connectivity index (χ0) is 18.0. The van der Waals surface area contributed by atoms with E-state index in [1.165, 1.54) is 13.2 Å². The van der Waals surface area contributed by atoms with Crippen LogP contribution in [0.5, 0.6) is 17.2 Å². The summed E-state index contributed by atoms with van der Waals surface area (Å²) in [5.41, 5.74) is 1.25. The van der Waals surface area contributed by atoms with E-state index in [9.17, 15) is 10.1 Å². The molecule has 1 heterocycles. The van der Waals surface area contributed by atoms with Crippen molar-refractivity contribution >= 4 is 22.0 Å². The van der Waals surface area contributed by atoms with Gasteiger partial charge in [-0.05, 0) is 37.3 Å². The van der Waals surface area contributed by atoms with Gasteiger partial charge < -0.3 is 14.2 Å². The van der Waals surface area contributed by atoms with Gasteiger partial charge in [0.15, 0.2) is 11.5 Å². The van der Waals surface area contributed by atoms with Crippen LogP contribution in [0.2, 0.25) is 0 Å². The van der Waals surface area contributed by atoms with Crippen molar-refractivity contribution in [3.05, 3.63) is 67.8 Å². The van der Waals surface area contributed by atoms with Crippen LogP contribution in [0.1, 0.15) is 24.2 Å². The van der Waals surface area contributed by atoms with Gasteiger partial charge in [-0.1, -0.05) is 22.0 Å². The van der Waals surface area contributed by atoms with Crippen molar-refractivity contribution in [1.82, 2.24) is 0 Å². The molecule has 0 unspecified atom stereocenters. The molecule has 2 aromatic rings. The van der Waals surface area contributed by atoms with Crippen molar-refractivity contribution < 1.29 is 19.1 Å². The van der Waals surface area contributed by atoms with Crippen LogP contribution in [0.15, 0.2) is 46.6 Å². The quantitative estimate of drug-likeness (QED) is 0.536. The molecular formula is C18H16BrNO5. The molecule has 0 bridgehead atoms. The van der Waals surface area contributed by atoms with Gasteiger partial charge in [-0.2, -0.15) is 0 Å². The lowest BCUT2D eigenvalue weighted by atomic mass is 10.0. The van der Waals surface area contributed by atoms with E-state index < -0.39 is 11.0 Å². The van der Waals surface area contributed by atoms with Gasteiger partial charge in [0.05, 0.1) is 18.6 Å². The van der Waals surface area contributed by atoms with Gasteiger partial charge in [0, 0.05) is 21.7 Å². The minimum atomic E-state index is -0.826. The highest BCUT2D eigenvalue weighted by molar-refractivity contribution is 9.10. The molecule has 2 aromatic carbocycles. The number of ether oxygens (including phenoxy) is 3. The first kappa shape index (κ1) is 17.3. The van der Waals surface area contributed by atoms with Crippen LogP contribution < -0.4 is 14.2 Å². The second kappa shape index (κ2) is 7.14. The van der Waals surface area contributed by atoms with Gasteiger partial charge in [0.25, 0.3) is 5.70 Å². The second-order valence-electron chi connectivity index (χ2n) is 5.35. The summed E-state index contributed by atoms with van der Waals surface area (Å²) in [7, 11) is 1.53. The van der Waals surface area contributed by atoms with Gasteiger partial charge in [-0.15, -0.1) is 0 Å². The van der Waals surface area contributed by atoms with E-state index in [-0.39, 0.29) is 5.70 Å². The maximum absolute atomic E-state index is 11.5. The molecule has 0 amide bonds. The fourth-order valence-electron chi connectivity index (χ4n) is 2.67. The maximum Gasteiger partial charge on any atom is 0.291 e. The first-order chi connectivity index (χ1) is 12.0. The Balaban J connectivity index is 2.04. The summed E-state index contributed by atoms with van der Waals surface area (Å²) < 4.78 is 17.6. The highest BCUT2D eigenvalue weighted by atomic mass is 79.9. The SMILES string of the molecule is CCOc1ccc([C@@H]2Oc3ccc(Br)cc3C=C2[N+](=O)[O-])cc1OC. The molecule has 0 saturated heterocycles. The molecule has 6 nitrogen and oxygen atoms in total. The van der Waals surface area contributed by atoms with Crippen LogP contribution in [-0.2, 0) is 0 Å². The van der Waals surface area contributed by atoms with Crippen LogP contribution in [0.4, 0.5) is 0 Å². The molecule has 1 aliphatic heterocycles. The third kappa shape index (κ3) is 3.46. The zero-order valence-corrected chi connectivity index (χ0v) is 15.3. The number of methoxy groups -OCH3 is 1. The van der Waals surface area contributed by atoms with E-state index in [0.29, 0.717) is 35.0 Å². The average molecular weight is 406 g/mol. The lowest BCUT2D eigenvalue weighted by Gasteiger charge is -2.23. The molecule has 1 atom stereocenters. The van der Waals surface area contributed by atoms with Gasteiger partial charge >= 0.3 is 0 Å². The predicted molar refractivity (Wildman–Crippen MR) is 96.6 cm³/mol. The van der Waals surface area contributed by atoms with E-state index in [0.717, 1.165) is 4.47 Å². The molecule has 1 aliphatic rings. The molecule has 3 rings (SSSR count). The van der Waals surface area contributed by atoms with E-state index >= 15 is 0 Å². The monoisotopic (exact) mass is 405 g/mol. The van der Waals surface area contributed by atoms with Gasteiger partial charge in [0.2, 0.25) is 6.10 Å². The largest absolute Gasteiger partial charge is 0.493 e. The Morgan fingerprint density at radius 2 is 2.04 bits per heavy atom. The minimum Gasteiger partial charge on any atom is -0.493 e. The first-order valence-corrected chi connectivity index (χ1v) is 8.45. The minimum absolute atomic E-state index is 0.0307. The lowest BCUT2D eigenvalue weighted by Crippen LogP contribution is -2.19. The van der Waals surface area contributed by atoms with Gasteiger partial charge in [0.1, 0.15) is 5.75 Å². The molecule has 0 aliphatic carbocycles.